The maximum atomic E-state index is 12.6. The van der Waals surface area contributed by atoms with E-state index in [1.54, 1.807) is 48.5 Å². The lowest BCUT2D eigenvalue weighted by atomic mass is 10.0. The number of hydrogen-bond donors (Lipinski definition) is 1. The Labute approximate surface area is 138 Å². The first-order chi connectivity index (χ1) is 11.7. The molecule has 2 aromatic rings. The van der Waals surface area contributed by atoms with Crippen molar-refractivity contribution in [1.82, 2.24) is 0 Å². The molecule has 0 fully saturated rings. The fraction of sp³-hybridized carbons (Fsp3) is 0.167. The SMILES string of the molecule is N#CCC(=O)Nc1cccc(C(=O)c2ccc3c(c2)OCCO3)c1. The Kier molecular flexibility index (Phi) is 4.43. The van der Waals surface area contributed by atoms with Crippen LogP contribution in [0, 0.1) is 11.3 Å². The van der Waals surface area contributed by atoms with Gasteiger partial charge in [0, 0.05) is 16.8 Å². The number of rotatable bonds is 4. The van der Waals surface area contributed by atoms with Crippen molar-refractivity contribution in [2.75, 3.05) is 18.5 Å². The number of nitrogens with zero attached hydrogens (tertiary/aromatic N) is 1. The first-order valence-electron chi connectivity index (χ1n) is 7.38. The number of hydrogen-bond acceptors (Lipinski definition) is 5. The lowest BCUT2D eigenvalue weighted by molar-refractivity contribution is -0.115. The number of fused-ring (bicyclic) bond motifs is 1. The first-order valence-corrected chi connectivity index (χ1v) is 7.38. The maximum Gasteiger partial charge on any atom is 0.238 e. The normalized spacial score (nSPS) is 12.1. The minimum Gasteiger partial charge on any atom is -0.486 e. The minimum absolute atomic E-state index is 0.191. The van der Waals surface area contributed by atoms with Crippen LogP contribution in [0.3, 0.4) is 0 Å². The lowest BCUT2D eigenvalue weighted by Gasteiger charge is -2.18. The Morgan fingerprint density at radius 3 is 2.58 bits per heavy atom. The molecule has 1 N–H and O–H groups in total. The molecule has 0 atom stereocenters. The second kappa shape index (κ2) is 6.84. The topological polar surface area (TPSA) is 88.4 Å². The zero-order chi connectivity index (χ0) is 16.9. The maximum absolute atomic E-state index is 12.6. The van der Waals surface area contributed by atoms with Crippen LogP contribution in [-0.2, 0) is 4.79 Å². The van der Waals surface area contributed by atoms with Crippen molar-refractivity contribution in [3.63, 3.8) is 0 Å². The molecule has 1 heterocycles. The van der Waals surface area contributed by atoms with E-state index in [1.165, 1.54) is 0 Å². The van der Waals surface area contributed by atoms with Crippen LogP contribution in [0.15, 0.2) is 42.5 Å². The quantitative estimate of drug-likeness (QED) is 0.874. The highest BCUT2D eigenvalue weighted by atomic mass is 16.6. The Hall–Kier alpha value is -3.33. The van der Waals surface area contributed by atoms with Crippen molar-refractivity contribution < 1.29 is 19.1 Å². The molecule has 0 spiro atoms. The average Bonchev–Trinajstić information content (AvgIpc) is 2.61. The zero-order valence-corrected chi connectivity index (χ0v) is 12.7. The summed E-state index contributed by atoms with van der Waals surface area (Å²) in [5.74, 6) is 0.561. The van der Waals surface area contributed by atoms with Gasteiger partial charge in [-0.25, -0.2) is 0 Å². The molecule has 1 amide bonds. The molecular weight excluding hydrogens is 308 g/mol. The van der Waals surface area contributed by atoms with E-state index in [0.29, 0.717) is 41.5 Å². The third-order valence-electron chi connectivity index (χ3n) is 3.45. The summed E-state index contributed by atoms with van der Waals surface area (Å²) >= 11 is 0. The van der Waals surface area contributed by atoms with Crippen LogP contribution in [-0.4, -0.2) is 24.9 Å². The number of nitriles is 1. The van der Waals surface area contributed by atoms with Crippen molar-refractivity contribution in [1.29, 1.82) is 5.26 Å². The molecule has 0 aromatic heterocycles. The van der Waals surface area contributed by atoms with Gasteiger partial charge in [0.15, 0.2) is 17.3 Å². The minimum atomic E-state index is -0.415. The van der Waals surface area contributed by atoms with E-state index >= 15 is 0 Å². The van der Waals surface area contributed by atoms with Gasteiger partial charge in [-0.15, -0.1) is 0 Å². The molecule has 120 valence electrons. The van der Waals surface area contributed by atoms with Gasteiger partial charge in [0.25, 0.3) is 0 Å². The van der Waals surface area contributed by atoms with Gasteiger partial charge in [0.2, 0.25) is 5.91 Å². The summed E-state index contributed by atoms with van der Waals surface area (Å²) in [6.07, 6.45) is -0.236. The van der Waals surface area contributed by atoms with E-state index in [-0.39, 0.29) is 12.2 Å². The molecule has 6 heteroatoms. The van der Waals surface area contributed by atoms with Crippen LogP contribution < -0.4 is 14.8 Å². The van der Waals surface area contributed by atoms with E-state index in [0.717, 1.165) is 0 Å². The van der Waals surface area contributed by atoms with E-state index < -0.39 is 5.91 Å². The highest BCUT2D eigenvalue weighted by Crippen LogP contribution is 2.31. The summed E-state index contributed by atoms with van der Waals surface area (Å²) in [6.45, 7) is 0.940. The molecule has 0 saturated carbocycles. The van der Waals surface area contributed by atoms with Crippen LogP contribution >= 0.6 is 0 Å². The Bertz CT molecular complexity index is 839. The Morgan fingerprint density at radius 1 is 1.04 bits per heavy atom. The number of ether oxygens (including phenoxy) is 2. The molecule has 0 unspecified atom stereocenters. The van der Waals surface area contributed by atoms with Gasteiger partial charge < -0.3 is 14.8 Å². The van der Waals surface area contributed by atoms with Gasteiger partial charge in [-0.3, -0.25) is 9.59 Å². The van der Waals surface area contributed by atoms with Gasteiger partial charge in [0.05, 0.1) is 6.07 Å². The van der Waals surface area contributed by atoms with Gasteiger partial charge in [-0.2, -0.15) is 5.26 Å². The number of benzene rings is 2. The first kappa shape index (κ1) is 15.6. The van der Waals surface area contributed by atoms with E-state index in [4.69, 9.17) is 14.7 Å². The highest BCUT2D eigenvalue weighted by Gasteiger charge is 2.16. The summed E-state index contributed by atoms with van der Waals surface area (Å²) in [7, 11) is 0. The molecule has 6 nitrogen and oxygen atoms in total. The van der Waals surface area contributed by atoms with Crippen LogP contribution in [0.2, 0.25) is 0 Å². The van der Waals surface area contributed by atoms with Gasteiger partial charge >= 0.3 is 0 Å². The summed E-state index contributed by atoms with van der Waals surface area (Å²) < 4.78 is 10.9. The van der Waals surface area contributed by atoms with Crippen molar-refractivity contribution in [2.45, 2.75) is 6.42 Å². The monoisotopic (exact) mass is 322 g/mol. The second-order valence-corrected chi connectivity index (χ2v) is 5.15. The summed E-state index contributed by atoms with van der Waals surface area (Å²) in [4.78, 5) is 24.1. The molecule has 24 heavy (non-hydrogen) atoms. The fourth-order valence-electron chi connectivity index (χ4n) is 2.37. The van der Waals surface area contributed by atoms with Gasteiger partial charge in [0.1, 0.15) is 19.6 Å². The van der Waals surface area contributed by atoms with Gasteiger partial charge in [-0.05, 0) is 30.3 Å². The number of anilines is 1. The number of nitrogens with one attached hydrogen (secondary N) is 1. The number of ketones is 1. The largest absolute Gasteiger partial charge is 0.486 e. The summed E-state index contributed by atoms with van der Waals surface area (Å²) in [6, 6.07) is 13.4. The fourth-order valence-corrected chi connectivity index (χ4v) is 2.37. The molecule has 0 radical (unpaired) electrons. The Balaban J connectivity index is 1.82. The standard InChI is InChI=1S/C18H14N2O4/c19-7-6-17(21)20-14-3-1-2-12(10-14)18(22)13-4-5-15-16(11-13)24-9-8-23-15/h1-5,10-11H,6,8-9H2,(H,20,21). The number of amides is 1. The molecule has 3 rings (SSSR count). The molecule has 1 aliphatic heterocycles. The third-order valence-corrected chi connectivity index (χ3v) is 3.45. The molecular formula is C18H14N2O4. The van der Waals surface area contributed by atoms with Crippen molar-refractivity contribution in [3.8, 4) is 17.6 Å². The van der Waals surface area contributed by atoms with Crippen LogP contribution in [0.25, 0.3) is 0 Å². The predicted octanol–water partition coefficient (Wildman–Crippen LogP) is 2.54. The van der Waals surface area contributed by atoms with Crippen molar-refractivity contribution in [2.24, 2.45) is 0 Å². The van der Waals surface area contributed by atoms with Crippen molar-refractivity contribution in [3.05, 3.63) is 53.6 Å². The molecule has 1 aliphatic rings. The van der Waals surface area contributed by atoms with Crippen LogP contribution in [0.1, 0.15) is 22.3 Å². The van der Waals surface area contributed by atoms with Crippen molar-refractivity contribution >= 4 is 17.4 Å². The lowest BCUT2D eigenvalue weighted by Crippen LogP contribution is -2.16. The van der Waals surface area contributed by atoms with Gasteiger partial charge in [-0.1, -0.05) is 12.1 Å². The molecule has 0 aliphatic carbocycles. The predicted molar refractivity (Wildman–Crippen MR) is 86.2 cm³/mol. The average molecular weight is 322 g/mol. The Morgan fingerprint density at radius 2 is 1.79 bits per heavy atom. The highest BCUT2D eigenvalue weighted by molar-refractivity contribution is 6.10. The van der Waals surface area contributed by atoms with E-state index in [9.17, 15) is 9.59 Å². The smallest absolute Gasteiger partial charge is 0.238 e. The number of carbonyl (C=O) groups excluding carboxylic acids is 2. The summed E-state index contributed by atoms with van der Waals surface area (Å²) in [5, 5.41) is 11.1. The van der Waals surface area contributed by atoms with Crippen LogP contribution in [0.4, 0.5) is 5.69 Å². The van der Waals surface area contributed by atoms with Crippen LogP contribution in [0.5, 0.6) is 11.5 Å². The third kappa shape index (κ3) is 3.36. The number of carbonyl (C=O) groups is 2. The molecule has 0 bridgehead atoms. The van der Waals surface area contributed by atoms with E-state index in [2.05, 4.69) is 5.32 Å². The second-order valence-electron chi connectivity index (χ2n) is 5.15. The van der Waals surface area contributed by atoms with E-state index in [1.807, 2.05) is 0 Å². The zero-order valence-electron chi connectivity index (χ0n) is 12.7. The molecule has 0 saturated heterocycles. The molecule has 2 aromatic carbocycles. The summed E-state index contributed by atoms with van der Waals surface area (Å²) in [5.41, 5.74) is 1.37.